The maximum atomic E-state index is 4.70. The van der Waals surface area contributed by atoms with Gasteiger partial charge < -0.3 is 0 Å². The van der Waals surface area contributed by atoms with Crippen LogP contribution in [0.25, 0.3) is 0 Å². The Hall–Kier alpha value is -0.530. The molecule has 0 nitrogen and oxygen atoms in total. The molecule has 0 amide bonds. The lowest BCUT2D eigenvalue weighted by molar-refractivity contribution is 0.394. The van der Waals surface area contributed by atoms with Crippen molar-refractivity contribution in [1.82, 2.24) is 0 Å². The van der Waals surface area contributed by atoms with Crippen LogP contribution in [-0.2, 0) is 0 Å². The topological polar surface area (TPSA) is 0 Å². The predicted molar refractivity (Wildman–Crippen MR) is 110 cm³/mol. The maximum Gasteiger partial charge on any atom is 0.00477 e. The summed E-state index contributed by atoms with van der Waals surface area (Å²) in [5, 5.41) is 0.693. The van der Waals surface area contributed by atoms with Crippen LogP contribution >= 0.6 is 12.6 Å². The van der Waals surface area contributed by atoms with E-state index in [9.17, 15) is 0 Å². The Balaban J connectivity index is -0.000000175. The zero-order valence-electron chi connectivity index (χ0n) is 16.3. The minimum absolute atomic E-state index is 0.693. The normalized spacial score (nSPS) is 22.8. The van der Waals surface area contributed by atoms with E-state index < -0.39 is 0 Å². The Bertz CT molecular complexity index is 210. The number of terminal acetylenes is 2. The molecule has 0 N–H and O–H groups in total. The van der Waals surface area contributed by atoms with Gasteiger partial charge in [0.15, 0.2) is 0 Å². The van der Waals surface area contributed by atoms with Crippen LogP contribution in [0.15, 0.2) is 0 Å². The summed E-state index contributed by atoms with van der Waals surface area (Å²) in [5.74, 6) is 2.76. The van der Waals surface area contributed by atoms with Gasteiger partial charge in [-0.25, -0.2) is 0 Å². The summed E-state index contributed by atoms with van der Waals surface area (Å²) in [5.41, 5.74) is 0. The van der Waals surface area contributed by atoms with Gasteiger partial charge in [-0.2, -0.15) is 12.6 Å². The molecule has 0 aliphatic heterocycles. The van der Waals surface area contributed by atoms with Gasteiger partial charge in [0.25, 0.3) is 0 Å². The third kappa shape index (κ3) is 17.5. The molecule has 0 radical (unpaired) electrons. The quantitative estimate of drug-likeness (QED) is 0.404. The first kappa shape index (κ1) is 29.5. The van der Waals surface area contributed by atoms with Crippen molar-refractivity contribution in [3.63, 3.8) is 0 Å². The van der Waals surface area contributed by atoms with E-state index >= 15 is 0 Å². The second-order valence-electron chi connectivity index (χ2n) is 5.38. The van der Waals surface area contributed by atoms with Gasteiger partial charge in [0.05, 0.1) is 0 Å². The molecule has 0 spiro atoms. The van der Waals surface area contributed by atoms with Gasteiger partial charge in [-0.15, -0.1) is 25.7 Å². The molecule has 4 atom stereocenters. The molecule has 0 aromatic rings. The lowest BCUT2D eigenvalue weighted by Crippen LogP contribution is -2.08. The molecule has 1 fully saturated rings. The molecule has 1 saturated carbocycles. The Labute approximate surface area is 148 Å². The molecular weight excluding hydrogens is 284 g/mol. The first-order valence-electron chi connectivity index (χ1n) is 8.98. The van der Waals surface area contributed by atoms with E-state index in [0.29, 0.717) is 5.25 Å². The van der Waals surface area contributed by atoms with Gasteiger partial charge in [0.1, 0.15) is 0 Å². The van der Waals surface area contributed by atoms with E-state index in [-0.39, 0.29) is 0 Å². The summed E-state index contributed by atoms with van der Waals surface area (Å²) < 4.78 is 0. The molecule has 22 heavy (non-hydrogen) atoms. The van der Waals surface area contributed by atoms with E-state index in [0.717, 1.165) is 17.8 Å². The Morgan fingerprint density at radius 2 is 1.41 bits per heavy atom. The molecule has 0 saturated heterocycles. The predicted octanol–water partition coefficient (Wildman–Crippen LogP) is 7.10. The van der Waals surface area contributed by atoms with Crippen molar-refractivity contribution in [1.29, 1.82) is 0 Å². The maximum absolute atomic E-state index is 4.70. The summed E-state index contributed by atoms with van der Waals surface area (Å²) >= 11 is 4.70. The highest BCUT2D eigenvalue weighted by molar-refractivity contribution is 7.81. The molecular formula is C21H42S. The van der Waals surface area contributed by atoms with Gasteiger partial charge in [0.2, 0.25) is 0 Å². The number of rotatable bonds is 5. The fraction of sp³-hybridized carbons (Fsp3) is 0.810. The van der Waals surface area contributed by atoms with Gasteiger partial charge in [-0.05, 0) is 37.0 Å². The summed E-state index contributed by atoms with van der Waals surface area (Å²) in [4.78, 5) is 0. The fourth-order valence-electron chi connectivity index (χ4n) is 2.82. The van der Waals surface area contributed by atoms with Crippen molar-refractivity contribution in [2.24, 2.45) is 17.8 Å². The minimum Gasteiger partial charge on any atom is -0.176 e. The van der Waals surface area contributed by atoms with Crippen molar-refractivity contribution < 1.29 is 0 Å². The Kier molecular flexibility index (Phi) is 34.1. The Morgan fingerprint density at radius 1 is 0.955 bits per heavy atom. The fourth-order valence-corrected chi connectivity index (χ4v) is 3.45. The largest absolute Gasteiger partial charge is 0.176 e. The van der Waals surface area contributed by atoms with Crippen LogP contribution in [0.4, 0.5) is 0 Å². The first-order chi connectivity index (χ1) is 10.6. The molecule has 0 aromatic carbocycles. The highest BCUT2D eigenvalue weighted by Gasteiger charge is 2.28. The molecule has 1 aliphatic carbocycles. The third-order valence-electron chi connectivity index (χ3n) is 3.70. The van der Waals surface area contributed by atoms with Crippen molar-refractivity contribution >= 4 is 12.6 Å². The van der Waals surface area contributed by atoms with E-state index in [1.54, 1.807) is 0 Å². The average Bonchev–Trinajstić information content (AvgIpc) is 2.91. The lowest BCUT2D eigenvalue weighted by atomic mass is 9.92. The smallest absolute Gasteiger partial charge is 0.00477 e. The van der Waals surface area contributed by atoms with Gasteiger partial charge in [-0.1, -0.05) is 67.7 Å². The number of hydrogen-bond acceptors (Lipinski definition) is 1. The van der Waals surface area contributed by atoms with Crippen molar-refractivity contribution in [3.8, 4) is 25.7 Å². The molecule has 4 unspecified atom stereocenters. The van der Waals surface area contributed by atoms with Gasteiger partial charge in [0, 0.05) is 5.25 Å². The summed E-state index contributed by atoms with van der Waals surface area (Å²) in [7, 11) is 0. The van der Waals surface area contributed by atoms with Crippen LogP contribution in [0.3, 0.4) is 0 Å². The molecule has 132 valence electrons. The highest BCUT2D eigenvalue weighted by Crippen LogP contribution is 2.37. The van der Waals surface area contributed by atoms with E-state index in [4.69, 9.17) is 12.6 Å². The van der Waals surface area contributed by atoms with Crippen LogP contribution in [-0.4, -0.2) is 5.25 Å². The van der Waals surface area contributed by atoms with Gasteiger partial charge in [-0.3, -0.25) is 0 Å². The molecule has 1 rings (SSSR count). The van der Waals surface area contributed by atoms with E-state index in [1.165, 1.54) is 38.5 Å². The SMILES string of the molecule is C#C.C#C.CC.CC.CCCC(C)CCC1CC(C)CC1S. The van der Waals surface area contributed by atoms with Crippen LogP contribution < -0.4 is 0 Å². The standard InChI is InChI=1S/C13H26S.2C2H6.2C2H2/c1-4-5-10(2)6-7-12-8-11(3)9-13(12)14;4*1-2/h10-14H,4-9H2,1-3H3;2*1-2H3;2*1-2H. The number of thiol groups is 1. The van der Waals surface area contributed by atoms with Crippen LogP contribution in [0, 0.1) is 43.4 Å². The van der Waals surface area contributed by atoms with Crippen LogP contribution in [0.2, 0.25) is 0 Å². The second-order valence-corrected chi connectivity index (χ2v) is 6.04. The summed E-state index contributed by atoms with van der Waals surface area (Å²) in [6, 6.07) is 0. The van der Waals surface area contributed by atoms with Crippen molar-refractivity contribution in [2.45, 2.75) is 92.2 Å². The molecule has 0 bridgehead atoms. The first-order valence-corrected chi connectivity index (χ1v) is 9.49. The van der Waals surface area contributed by atoms with Crippen LogP contribution in [0.1, 0.15) is 87.0 Å². The van der Waals surface area contributed by atoms with E-state index in [2.05, 4.69) is 46.5 Å². The van der Waals surface area contributed by atoms with E-state index in [1.807, 2.05) is 27.7 Å². The molecule has 0 heterocycles. The third-order valence-corrected chi connectivity index (χ3v) is 4.34. The van der Waals surface area contributed by atoms with Gasteiger partial charge >= 0.3 is 0 Å². The minimum atomic E-state index is 0.693. The second kappa shape index (κ2) is 25.4. The zero-order chi connectivity index (χ0) is 18.6. The Morgan fingerprint density at radius 3 is 1.73 bits per heavy atom. The monoisotopic (exact) mass is 326 g/mol. The summed E-state index contributed by atoms with van der Waals surface area (Å²) in [6.45, 7) is 15.1. The zero-order valence-corrected chi connectivity index (χ0v) is 17.2. The van der Waals surface area contributed by atoms with Crippen molar-refractivity contribution in [2.75, 3.05) is 0 Å². The molecule has 1 heteroatoms. The molecule has 0 aromatic heterocycles. The highest BCUT2D eigenvalue weighted by atomic mass is 32.1. The molecule has 1 aliphatic rings. The summed E-state index contributed by atoms with van der Waals surface area (Å²) in [6.07, 6.45) is 24.3. The van der Waals surface area contributed by atoms with Crippen molar-refractivity contribution in [3.05, 3.63) is 0 Å². The lowest BCUT2D eigenvalue weighted by Gasteiger charge is -2.17. The van der Waals surface area contributed by atoms with Crippen LogP contribution in [0.5, 0.6) is 0 Å². The average molecular weight is 327 g/mol. The number of hydrogen-bond donors (Lipinski definition) is 1.